The number of rotatable bonds is 20. The van der Waals surface area contributed by atoms with Crippen LogP contribution in [0.25, 0.3) is 11.3 Å². The molecule has 0 saturated carbocycles. The molecule has 74 heavy (non-hydrogen) atoms. The van der Waals surface area contributed by atoms with E-state index in [0.717, 1.165) is 27.8 Å². The van der Waals surface area contributed by atoms with Crippen LogP contribution in [-0.4, -0.2) is 87.9 Å². The number of aromatic nitrogens is 4. The van der Waals surface area contributed by atoms with Gasteiger partial charge < -0.3 is 39.6 Å². The molecular weight excluding hydrogens is 963 g/mol. The number of carbonyl (C=O) groups is 4. The van der Waals surface area contributed by atoms with Crippen LogP contribution in [0.4, 0.5) is 11.6 Å². The normalized spacial score (nSPS) is 11.1. The molecule has 6 aromatic carbocycles. The maximum absolute atomic E-state index is 12.4. The molecule has 8 rings (SSSR count). The lowest BCUT2D eigenvalue weighted by Gasteiger charge is -2.19. The van der Waals surface area contributed by atoms with Gasteiger partial charge in [0, 0.05) is 18.4 Å². The van der Waals surface area contributed by atoms with Gasteiger partial charge in [-0.05, 0) is 64.1 Å². The van der Waals surface area contributed by atoms with E-state index >= 15 is 0 Å². The summed E-state index contributed by atoms with van der Waals surface area (Å²) in [4.78, 5) is 63.8. The minimum absolute atomic E-state index is 0.0239. The average molecular weight is 1020 g/mol. The second-order valence-electron chi connectivity index (χ2n) is 16.0. The minimum atomic E-state index is -1.43. The summed E-state index contributed by atoms with van der Waals surface area (Å²) < 4.78 is 21.2. The first-order valence-corrected chi connectivity index (χ1v) is 23.4. The van der Waals surface area contributed by atoms with E-state index in [2.05, 4.69) is 30.6 Å². The van der Waals surface area contributed by atoms with Crippen LogP contribution in [-0.2, 0) is 45.1 Å². The number of ether oxygens (including phenoxy) is 4. The third-order valence-corrected chi connectivity index (χ3v) is 11.2. The molecular formula is C56H52BClN6O10. The van der Waals surface area contributed by atoms with Crippen LogP contribution in [0, 0.1) is 0 Å². The molecule has 0 bridgehead atoms. The van der Waals surface area contributed by atoms with Gasteiger partial charge in [-0.25, -0.2) is 29.5 Å². The van der Waals surface area contributed by atoms with Crippen molar-refractivity contribution in [3.05, 3.63) is 221 Å². The summed E-state index contributed by atoms with van der Waals surface area (Å²) in [6, 6.07) is 51.3. The van der Waals surface area contributed by atoms with Gasteiger partial charge in [-0.1, -0.05) is 145 Å². The first-order chi connectivity index (χ1) is 36.1. The van der Waals surface area contributed by atoms with E-state index in [1.807, 2.05) is 146 Å². The van der Waals surface area contributed by atoms with Gasteiger partial charge in [-0.3, -0.25) is 9.59 Å². The van der Waals surface area contributed by atoms with Crippen LogP contribution in [0.2, 0.25) is 5.15 Å². The predicted molar refractivity (Wildman–Crippen MR) is 282 cm³/mol. The van der Waals surface area contributed by atoms with Gasteiger partial charge in [0.05, 0.1) is 31.0 Å². The molecule has 8 aromatic rings. The molecule has 0 amide bonds. The van der Waals surface area contributed by atoms with Crippen molar-refractivity contribution >= 4 is 60.3 Å². The van der Waals surface area contributed by atoms with Crippen LogP contribution in [0.5, 0.6) is 11.5 Å². The molecule has 16 nitrogen and oxygen atoms in total. The van der Waals surface area contributed by atoms with Crippen molar-refractivity contribution in [2.24, 2.45) is 0 Å². The fraction of sp³-hybridized carbons (Fsp3) is 0.143. The maximum atomic E-state index is 12.4. The van der Waals surface area contributed by atoms with Gasteiger partial charge in [-0.2, -0.15) is 0 Å². The van der Waals surface area contributed by atoms with Crippen molar-refractivity contribution in [1.82, 2.24) is 19.9 Å². The minimum Gasteiger partial charge on any atom is -0.489 e. The molecule has 0 radical (unpaired) electrons. The highest BCUT2D eigenvalue weighted by atomic mass is 35.5. The number of hydrogen-bond acceptors (Lipinski definition) is 16. The number of esters is 2. The summed E-state index contributed by atoms with van der Waals surface area (Å²) in [7, 11) is 1.20. The molecule has 2 unspecified atom stereocenters. The summed E-state index contributed by atoms with van der Waals surface area (Å²) in [5.41, 5.74) is 6.05. The molecule has 4 N–H and O–H groups in total. The number of nitrogens with one attached hydrogen (secondary N) is 2. The van der Waals surface area contributed by atoms with Crippen molar-refractivity contribution in [3.63, 3.8) is 0 Å². The third kappa shape index (κ3) is 16.7. The van der Waals surface area contributed by atoms with E-state index in [1.54, 1.807) is 24.3 Å². The highest BCUT2D eigenvalue weighted by Gasteiger charge is 2.24. The average Bonchev–Trinajstić information content (AvgIpc) is 3.45. The molecule has 2 atom stereocenters. The Balaban J connectivity index is 0.000000196. The van der Waals surface area contributed by atoms with E-state index in [9.17, 15) is 19.2 Å². The second kappa shape index (κ2) is 28.9. The summed E-state index contributed by atoms with van der Waals surface area (Å²) in [6.45, 7) is 0.958. The van der Waals surface area contributed by atoms with Crippen LogP contribution >= 0.6 is 11.6 Å². The second-order valence-corrected chi connectivity index (χ2v) is 16.3. The van der Waals surface area contributed by atoms with Crippen molar-refractivity contribution < 1.29 is 48.2 Å². The van der Waals surface area contributed by atoms with Gasteiger partial charge >= 0.3 is 19.1 Å². The zero-order valence-electron chi connectivity index (χ0n) is 40.4. The molecule has 0 fully saturated rings. The monoisotopic (exact) mass is 1010 g/mol. The van der Waals surface area contributed by atoms with Crippen molar-refractivity contribution in [2.45, 2.75) is 38.1 Å². The van der Waals surface area contributed by atoms with Crippen LogP contribution in [0.1, 0.15) is 43.0 Å². The van der Waals surface area contributed by atoms with E-state index < -0.39 is 31.1 Å². The maximum Gasteiger partial charge on any atom is 0.488 e. The molecule has 0 aliphatic carbocycles. The SMILES string of the molecule is COC(=O)C(Cc1ccccc1)Nc1ncnc(-c2ccc(OCc3ccccc3)cc2)c1C=O.COC(=O)C(Cc1ccccc1)Nc1ncnc(Cl)c1C=O.OB(O)c1ccc(OCc2ccccc2)cc1. The Morgan fingerprint density at radius 1 is 0.541 bits per heavy atom. The first-order valence-electron chi connectivity index (χ1n) is 23.0. The quantitative estimate of drug-likeness (QED) is 0.0247. The number of hydrogen-bond donors (Lipinski definition) is 4. The van der Waals surface area contributed by atoms with Gasteiger partial charge in [-0.15, -0.1) is 0 Å². The van der Waals surface area contributed by atoms with Gasteiger partial charge in [0.2, 0.25) is 0 Å². The van der Waals surface area contributed by atoms with Crippen molar-refractivity contribution in [2.75, 3.05) is 24.9 Å². The Morgan fingerprint density at radius 2 is 0.932 bits per heavy atom. The predicted octanol–water partition coefficient (Wildman–Crippen LogP) is 7.82. The van der Waals surface area contributed by atoms with Gasteiger partial charge in [0.1, 0.15) is 66.2 Å². The lowest BCUT2D eigenvalue weighted by Crippen LogP contribution is -2.33. The van der Waals surface area contributed by atoms with Gasteiger partial charge in [0.15, 0.2) is 12.6 Å². The highest BCUT2D eigenvalue weighted by Crippen LogP contribution is 2.28. The van der Waals surface area contributed by atoms with E-state index in [4.69, 9.17) is 40.6 Å². The number of carbonyl (C=O) groups excluding carboxylic acids is 4. The fourth-order valence-electron chi connectivity index (χ4n) is 7.07. The van der Waals surface area contributed by atoms with Crippen LogP contribution < -0.4 is 25.6 Å². The summed E-state index contributed by atoms with van der Waals surface area (Å²) in [5, 5.41) is 23.9. The number of methoxy groups -OCH3 is 2. The number of halogens is 1. The van der Waals surface area contributed by atoms with Crippen molar-refractivity contribution in [1.29, 1.82) is 0 Å². The molecule has 2 heterocycles. The third-order valence-electron chi connectivity index (χ3n) is 10.9. The van der Waals surface area contributed by atoms with E-state index in [-0.39, 0.29) is 27.9 Å². The Labute approximate surface area is 433 Å². The van der Waals surface area contributed by atoms with E-state index in [0.29, 0.717) is 61.3 Å². The molecule has 0 spiro atoms. The largest absolute Gasteiger partial charge is 0.489 e. The molecule has 0 aliphatic heterocycles. The number of nitrogens with zero attached hydrogens (tertiary/aromatic N) is 4. The Hall–Kier alpha value is -8.77. The van der Waals surface area contributed by atoms with Crippen LogP contribution in [0.3, 0.4) is 0 Å². The molecule has 0 saturated heterocycles. The fourth-order valence-corrected chi connectivity index (χ4v) is 7.25. The number of anilines is 2. The lowest BCUT2D eigenvalue weighted by molar-refractivity contribution is -0.142. The van der Waals surface area contributed by atoms with Crippen molar-refractivity contribution in [3.8, 4) is 22.8 Å². The molecule has 18 heteroatoms. The molecule has 0 aliphatic rings. The summed E-state index contributed by atoms with van der Waals surface area (Å²) in [5.74, 6) is 0.952. The topological polar surface area (TPSA) is 221 Å². The standard InChI is InChI=1S/C28H25N3O4.C15H14ClN3O3.C13H13BO3/c1-34-28(33)25(16-20-8-4-2-5-9-20)31-27-24(17-32)26(29-19-30-27)22-12-14-23(15-13-22)35-18-21-10-6-3-7-11-21;1-22-15(21)12(7-10-5-3-2-4-6-10)19-14-11(8-20)13(16)17-9-18-14;15-14(16)12-6-8-13(9-7-12)17-10-11-4-2-1-3-5-11/h2-15,17,19,25H,16,18H2,1H3,(H,29,30,31);2-6,8-9,12H,7H2,1H3,(H,17,18,19);1-9,15-16H,10H2. The zero-order valence-corrected chi connectivity index (χ0v) is 41.1. The number of benzene rings is 6. The van der Waals surface area contributed by atoms with E-state index in [1.165, 1.54) is 26.9 Å². The Bertz CT molecular complexity index is 3000. The number of aldehydes is 2. The highest BCUT2D eigenvalue weighted by molar-refractivity contribution is 6.58. The Kier molecular flexibility index (Phi) is 21.3. The van der Waals surface area contributed by atoms with Crippen LogP contribution in [0.15, 0.2) is 183 Å². The molecule has 2 aromatic heterocycles. The first kappa shape index (κ1) is 54.6. The Morgan fingerprint density at radius 3 is 1.34 bits per heavy atom. The smallest absolute Gasteiger partial charge is 0.488 e. The summed E-state index contributed by atoms with van der Waals surface area (Å²) >= 11 is 5.85. The zero-order chi connectivity index (χ0) is 52.5. The summed E-state index contributed by atoms with van der Waals surface area (Å²) in [6.07, 6.45) is 4.57. The molecule has 376 valence electrons. The van der Waals surface area contributed by atoms with Gasteiger partial charge in [0.25, 0.3) is 0 Å². The lowest BCUT2D eigenvalue weighted by atomic mass is 9.80.